The van der Waals surface area contributed by atoms with E-state index in [9.17, 15) is 0 Å². The van der Waals surface area contributed by atoms with E-state index < -0.39 is 0 Å². The largest absolute Gasteiger partial charge is 0.486 e. The number of fused-ring (bicyclic) bond motifs is 1. The number of nitrogens with one attached hydrogen (secondary N) is 1. The van der Waals surface area contributed by atoms with Crippen molar-refractivity contribution in [3.8, 4) is 11.5 Å². The molecule has 2 aliphatic rings. The van der Waals surface area contributed by atoms with Gasteiger partial charge in [0.15, 0.2) is 11.5 Å². The summed E-state index contributed by atoms with van der Waals surface area (Å²) in [5.41, 5.74) is 8.89. The zero-order chi connectivity index (χ0) is 13.2. The highest BCUT2D eigenvalue weighted by Crippen LogP contribution is 2.37. The molecule has 0 radical (unpaired) electrons. The molecule has 1 aromatic rings. The fraction of sp³-hybridized carbons (Fsp3) is 0.600. The van der Waals surface area contributed by atoms with Crippen LogP contribution in [0.15, 0.2) is 12.1 Å². The fourth-order valence-electron chi connectivity index (χ4n) is 3.02. The van der Waals surface area contributed by atoms with Crippen LogP contribution in [0.4, 0.5) is 0 Å². The molecule has 0 spiro atoms. The van der Waals surface area contributed by atoms with Crippen LogP contribution in [0.5, 0.6) is 11.5 Å². The first-order valence-electron chi connectivity index (χ1n) is 7.12. The zero-order valence-corrected chi connectivity index (χ0v) is 11.4. The van der Waals surface area contributed by atoms with E-state index in [1.165, 1.54) is 11.1 Å². The first-order valence-corrected chi connectivity index (χ1v) is 7.12. The van der Waals surface area contributed by atoms with Crippen molar-refractivity contribution >= 4 is 0 Å². The van der Waals surface area contributed by atoms with E-state index in [1.54, 1.807) is 0 Å². The predicted octanol–water partition coefficient (Wildman–Crippen LogP) is 1.77. The maximum absolute atomic E-state index is 6.48. The minimum absolute atomic E-state index is 0.0953. The summed E-state index contributed by atoms with van der Waals surface area (Å²) < 4.78 is 11.3. The lowest BCUT2D eigenvalue weighted by Crippen LogP contribution is -2.34. The smallest absolute Gasteiger partial charge is 0.161 e. The normalized spacial score (nSPS) is 21.2. The number of aryl methyl sites for hydroxylation is 1. The number of benzene rings is 1. The third kappa shape index (κ3) is 2.55. The van der Waals surface area contributed by atoms with Crippen LogP contribution in [0.25, 0.3) is 0 Å². The molecule has 0 amide bonds. The van der Waals surface area contributed by atoms with Crippen molar-refractivity contribution in [2.24, 2.45) is 11.7 Å². The lowest BCUT2D eigenvalue weighted by molar-refractivity contribution is 0.171. The summed E-state index contributed by atoms with van der Waals surface area (Å²) in [6, 6.07) is 4.24. The number of ether oxygens (including phenoxy) is 2. The molecule has 4 heteroatoms. The van der Waals surface area contributed by atoms with E-state index in [4.69, 9.17) is 15.2 Å². The number of hydrogen-bond donors (Lipinski definition) is 2. The SMILES string of the molecule is Cc1cc2c(cc1C(N)C1CCNCC1)OCCO2. The molecule has 2 heterocycles. The summed E-state index contributed by atoms with van der Waals surface area (Å²) >= 11 is 0. The van der Waals surface area contributed by atoms with Gasteiger partial charge in [-0.2, -0.15) is 0 Å². The van der Waals surface area contributed by atoms with Crippen LogP contribution in [-0.2, 0) is 0 Å². The molecule has 1 saturated heterocycles. The van der Waals surface area contributed by atoms with Gasteiger partial charge in [-0.05, 0) is 62.0 Å². The van der Waals surface area contributed by atoms with Gasteiger partial charge >= 0.3 is 0 Å². The van der Waals surface area contributed by atoms with Crippen LogP contribution in [0.1, 0.15) is 30.0 Å². The fourth-order valence-corrected chi connectivity index (χ4v) is 3.02. The van der Waals surface area contributed by atoms with E-state index in [0.717, 1.165) is 37.4 Å². The molecule has 0 aliphatic carbocycles. The topological polar surface area (TPSA) is 56.5 Å². The summed E-state index contributed by atoms with van der Waals surface area (Å²) in [7, 11) is 0. The highest BCUT2D eigenvalue weighted by molar-refractivity contribution is 5.48. The molecule has 0 bridgehead atoms. The van der Waals surface area contributed by atoms with Crippen molar-refractivity contribution < 1.29 is 9.47 Å². The lowest BCUT2D eigenvalue weighted by Gasteiger charge is -2.30. The van der Waals surface area contributed by atoms with Crippen molar-refractivity contribution in [1.29, 1.82) is 0 Å². The van der Waals surface area contributed by atoms with E-state index in [2.05, 4.69) is 24.4 Å². The Kier molecular flexibility index (Phi) is 3.62. The first-order chi connectivity index (χ1) is 9.25. The first kappa shape index (κ1) is 12.8. The summed E-state index contributed by atoms with van der Waals surface area (Å²) in [5.74, 6) is 2.25. The molecule has 1 fully saturated rings. The number of piperidine rings is 1. The average Bonchev–Trinajstić information content (AvgIpc) is 2.47. The minimum atomic E-state index is 0.0953. The average molecular weight is 262 g/mol. The van der Waals surface area contributed by atoms with E-state index in [-0.39, 0.29) is 6.04 Å². The van der Waals surface area contributed by atoms with Gasteiger partial charge in [-0.3, -0.25) is 0 Å². The molecular formula is C15H22N2O2. The second-order valence-corrected chi connectivity index (χ2v) is 5.47. The molecule has 4 nitrogen and oxygen atoms in total. The monoisotopic (exact) mass is 262 g/mol. The van der Waals surface area contributed by atoms with Gasteiger partial charge in [0.2, 0.25) is 0 Å². The van der Waals surface area contributed by atoms with Crippen molar-refractivity contribution in [3.05, 3.63) is 23.3 Å². The summed E-state index contributed by atoms with van der Waals surface area (Å²) in [6.07, 6.45) is 2.30. The van der Waals surface area contributed by atoms with Crippen LogP contribution >= 0.6 is 0 Å². The van der Waals surface area contributed by atoms with E-state index in [0.29, 0.717) is 19.1 Å². The predicted molar refractivity (Wildman–Crippen MR) is 74.7 cm³/mol. The molecule has 1 aromatic carbocycles. The Morgan fingerprint density at radius 2 is 1.79 bits per heavy atom. The third-order valence-corrected chi connectivity index (χ3v) is 4.18. The van der Waals surface area contributed by atoms with Crippen molar-refractivity contribution in [2.75, 3.05) is 26.3 Å². The van der Waals surface area contributed by atoms with Gasteiger partial charge < -0.3 is 20.5 Å². The van der Waals surface area contributed by atoms with Crippen LogP contribution in [0.3, 0.4) is 0 Å². The standard InChI is InChI=1S/C15H22N2O2/c1-10-8-13-14(19-7-6-18-13)9-12(10)15(16)11-2-4-17-5-3-11/h8-9,11,15,17H,2-7,16H2,1H3. The molecule has 2 aliphatic heterocycles. The molecule has 0 saturated carbocycles. The van der Waals surface area contributed by atoms with Crippen molar-refractivity contribution in [3.63, 3.8) is 0 Å². The Morgan fingerprint density at radius 3 is 2.47 bits per heavy atom. The Bertz CT molecular complexity index is 456. The van der Waals surface area contributed by atoms with Gasteiger partial charge in [0.25, 0.3) is 0 Å². The van der Waals surface area contributed by atoms with Crippen LogP contribution < -0.4 is 20.5 Å². The maximum atomic E-state index is 6.48. The Hall–Kier alpha value is -1.26. The molecule has 104 valence electrons. The maximum Gasteiger partial charge on any atom is 0.161 e. The van der Waals surface area contributed by atoms with Crippen molar-refractivity contribution in [1.82, 2.24) is 5.32 Å². The Morgan fingerprint density at radius 1 is 1.16 bits per heavy atom. The van der Waals surface area contributed by atoms with Gasteiger partial charge in [-0.25, -0.2) is 0 Å². The highest BCUT2D eigenvalue weighted by atomic mass is 16.6. The van der Waals surface area contributed by atoms with E-state index >= 15 is 0 Å². The van der Waals surface area contributed by atoms with Crippen LogP contribution in [0, 0.1) is 12.8 Å². The quantitative estimate of drug-likeness (QED) is 0.853. The summed E-state index contributed by atoms with van der Waals surface area (Å²) in [4.78, 5) is 0. The number of rotatable bonds is 2. The summed E-state index contributed by atoms with van der Waals surface area (Å²) in [5, 5.41) is 3.39. The Balaban J connectivity index is 1.86. The molecule has 1 unspecified atom stereocenters. The van der Waals surface area contributed by atoms with Gasteiger partial charge in [-0.1, -0.05) is 0 Å². The van der Waals surface area contributed by atoms with Gasteiger partial charge in [-0.15, -0.1) is 0 Å². The van der Waals surface area contributed by atoms with Crippen LogP contribution in [-0.4, -0.2) is 26.3 Å². The molecule has 3 rings (SSSR count). The highest BCUT2D eigenvalue weighted by Gasteiger charge is 2.25. The van der Waals surface area contributed by atoms with Crippen LogP contribution in [0.2, 0.25) is 0 Å². The van der Waals surface area contributed by atoms with Gasteiger partial charge in [0.05, 0.1) is 0 Å². The molecule has 3 N–H and O–H groups in total. The Labute approximate surface area is 114 Å². The number of hydrogen-bond acceptors (Lipinski definition) is 4. The van der Waals surface area contributed by atoms with Crippen molar-refractivity contribution in [2.45, 2.75) is 25.8 Å². The molecular weight excluding hydrogens is 240 g/mol. The lowest BCUT2D eigenvalue weighted by atomic mass is 9.85. The molecule has 0 aromatic heterocycles. The zero-order valence-electron chi connectivity index (χ0n) is 11.4. The van der Waals surface area contributed by atoms with Gasteiger partial charge in [0, 0.05) is 6.04 Å². The third-order valence-electron chi connectivity index (χ3n) is 4.18. The second kappa shape index (κ2) is 5.39. The molecule has 19 heavy (non-hydrogen) atoms. The summed E-state index contributed by atoms with van der Waals surface area (Å²) in [6.45, 7) is 5.50. The second-order valence-electron chi connectivity index (χ2n) is 5.47. The minimum Gasteiger partial charge on any atom is -0.486 e. The number of nitrogens with two attached hydrogens (primary N) is 1. The van der Waals surface area contributed by atoms with E-state index in [1.807, 2.05) is 0 Å². The van der Waals surface area contributed by atoms with Gasteiger partial charge in [0.1, 0.15) is 13.2 Å². The molecule has 1 atom stereocenters.